The fraction of sp³-hybridized carbons (Fsp3) is 0.467. The van der Waals surface area contributed by atoms with Crippen LogP contribution >= 0.6 is 7.52 Å². The van der Waals surface area contributed by atoms with Gasteiger partial charge in [-0.25, -0.2) is 9.88 Å². The highest BCUT2D eigenvalue weighted by Gasteiger charge is 2.33. The van der Waals surface area contributed by atoms with Gasteiger partial charge in [0.15, 0.2) is 0 Å². The molecule has 0 amide bonds. The summed E-state index contributed by atoms with van der Waals surface area (Å²) in [4.78, 5) is 25.0. The number of fused-ring (bicyclic) bond motifs is 1. The average molecular weight is 571 g/mol. The molecule has 1 unspecified atom stereocenters. The summed E-state index contributed by atoms with van der Waals surface area (Å²) >= 11 is 0. The number of aromatic hydroxyl groups is 1. The summed E-state index contributed by atoms with van der Waals surface area (Å²) in [6.45, 7) is 8.73. The first-order chi connectivity index (χ1) is 19.1. The fourth-order valence-corrected chi connectivity index (χ4v) is 7.47. The van der Waals surface area contributed by atoms with Crippen LogP contribution in [0.15, 0.2) is 42.0 Å². The molecule has 40 heavy (non-hydrogen) atoms. The van der Waals surface area contributed by atoms with Gasteiger partial charge in [0.05, 0.1) is 6.16 Å². The predicted molar refractivity (Wildman–Crippen MR) is 153 cm³/mol. The number of esters is 2. The normalized spacial score (nSPS) is 19.1. The van der Waals surface area contributed by atoms with E-state index in [-0.39, 0.29) is 36.7 Å². The van der Waals surface area contributed by atoms with Gasteiger partial charge in [0, 0.05) is 17.2 Å². The SMILES string of the molecule is CCc1c(C)c2c(c(O)c1C/C=C(\C)CP(=O)(N[C@@H](C)C(=O)OC[C@@H]1CCCN1)Oc1ccccc1)C(=O)OC2. The summed E-state index contributed by atoms with van der Waals surface area (Å²) in [6.07, 6.45) is 4.91. The lowest BCUT2D eigenvalue weighted by molar-refractivity contribution is -0.145. The number of cyclic esters (lactones) is 1. The number of carbonyl (C=O) groups is 2. The van der Waals surface area contributed by atoms with Crippen LogP contribution in [0.2, 0.25) is 0 Å². The quantitative estimate of drug-likeness (QED) is 0.184. The molecule has 216 valence electrons. The van der Waals surface area contributed by atoms with Gasteiger partial charge in [0.2, 0.25) is 0 Å². The van der Waals surface area contributed by atoms with Crippen molar-refractivity contribution < 1.29 is 33.3 Å². The van der Waals surface area contributed by atoms with Crippen molar-refractivity contribution >= 4 is 19.5 Å². The molecule has 3 atom stereocenters. The number of carbonyl (C=O) groups excluding carboxylic acids is 2. The molecule has 0 radical (unpaired) electrons. The zero-order chi connectivity index (χ0) is 28.9. The molecule has 9 nitrogen and oxygen atoms in total. The van der Waals surface area contributed by atoms with Crippen molar-refractivity contribution in [2.75, 3.05) is 19.3 Å². The second kappa shape index (κ2) is 13.0. The molecular formula is C30H39N2O7P. The maximum atomic E-state index is 14.1. The molecule has 0 bridgehead atoms. The van der Waals surface area contributed by atoms with Gasteiger partial charge in [-0.2, -0.15) is 0 Å². The van der Waals surface area contributed by atoms with Gasteiger partial charge in [-0.3, -0.25) is 9.36 Å². The molecule has 2 aliphatic heterocycles. The van der Waals surface area contributed by atoms with E-state index in [2.05, 4.69) is 10.4 Å². The lowest BCUT2D eigenvalue weighted by atomic mass is 9.89. The molecule has 2 aliphatic rings. The molecule has 0 saturated carbocycles. The van der Waals surface area contributed by atoms with E-state index in [4.69, 9.17) is 14.0 Å². The number of hydrogen-bond donors (Lipinski definition) is 3. The van der Waals surface area contributed by atoms with Crippen LogP contribution in [0.1, 0.15) is 66.2 Å². The van der Waals surface area contributed by atoms with Crippen LogP contribution in [0.5, 0.6) is 11.5 Å². The van der Waals surface area contributed by atoms with E-state index in [0.717, 1.165) is 41.6 Å². The van der Waals surface area contributed by atoms with Crippen LogP contribution in [-0.4, -0.2) is 48.4 Å². The number of phenolic OH excluding ortho intramolecular Hbond substituents is 1. The Labute approximate surface area is 235 Å². The van der Waals surface area contributed by atoms with Crippen LogP contribution in [0.3, 0.4) is 0 Å². The van der Waals surface area contributed by atoms with Crippen molar-refractivity contribution in [1.29, 1.82) is 0 Å². The Morgan fingerprint density at radius 1 is 1.30 bits per heavy atom. The van der Waals surface area contributed by atoms with Crippen LogP contribution in [0.25, 0.3) is 0 Å². The molecule has 0 spiro atoms. The Balaban J connectivity index is 1.52. The molecule has 0 aromatic heterocycles. The van der Waals surface area contributed by atoms with Crippen molar-refractivity contribution in [2.45, 2.75) is 72.1 Å². The summed E-state index contributed by atoms with van der Waals surface area (Å²) in [5, 5.41) is 17.2. The zero-order valence-corrected chi connectivity index (χ0v) is 24.5. The number of hydrogen-bond acceptors (Lipinski definition) is 8. The van der Waals surface area contributed by atoms with Gasteiger partial charge in [-0.05, 0) is 76.3 Å². The summed E-state index contributed by atoms with van der Waals surface area (Å²) in [6, 6.07) is 8.10. The standard InChI is InChI=1S/C30H39N2O7P/c1-5-24-20(3)26-17-38-30(35)27(26)28(33)25(24)14-13-19(2)18-40(36,39-23-11-7-6-8-12-23)32-21(4)29(34)37-16-22-10-9-15-31-22/h6-8,11-13,21-22,31,33H,5,9-10,14-18H2,1-4H3,(H,32,36)/b19-13+/t21-,22-,40?/m0/s1. The fourth-order valence-electron chi connectivity index (χ4n) is 5.32. The van der Waals surface area contributed by atoms with Gasteiger partial charge in [-0.1, -0.05) is 36.8 Å². The minimum atomic E-state index is -3.61. The molecule has 1 fully saturated rings. The number of phenols is 1. The van der Waals surface area contributed by atoms with Gasteiger partial charge >= 0.3 is 19.5 Å². The molecule has 4 rings (SSSR count). The van der Waals surface area contributed by atoms with E-state index in [9.17, 15) is 19.3 Å². The molecule has 0 aliphatic carbocycles. The number of benzene rings is 2. The molecule has 10 heteroatoms. The number of nitrogens with one attached hydrogen (secondary N) is 2. The van der Waals surface area contributed by atoms with Crippen molar-refractivity contribution in [3.8, 4) is 11.5 Å². The molecule has 1 saturated heterocycles. The second-order valence-corrected chi connectivity index (χ2v) is 12.6. The van der Waals surface area contributed by atoms with E-state index in [1.807, 2.05) is 32.9 Å². The lowest BCUT2D eigenvalue weighted by Crippen LogP contribution is -2.37. The Morgan fingerprint density at radius 3 is 2.73 bits per heavy atom. The number of ether oxygens (including phenoxy) is 2. The Morgan fingerprint density at radius 2 is 2.05 bits per heavy atom. The van der Waals surface area contributed by atoms with Crippen LogP contribution in [0, 0.1) is 6.92 Å². The van der Waals surface area contributed by atoms with E-state index in [1.54, 1.807) is 31.2 Å². The van der Waals surface area contributed by atoms with E-state index in [1.165, 1.54) is 0 Å². The third-order valence-electron chi connectivity index (χ3n) is 7.44. The molecule has 2 heterocycles. The van der Waals surface area contributed by atoms with Gasteiger partial charge in [0.25, 0.3) is 0 Å². The largest absolute Gasteiger partial charge is 0.507 e. The highest BCUT2D eigenvalue weighted by Crippen LogP contribution is 2.45. The average Bonchev–Trinajstić information content (AvgIpc) is 3.58. The van der Waals surface area contributed by atoms with Gasteiger partial charge in [0.1, 0.15) is 36.3 Å². The maximum absolute atomic E-state index is 14.1. The van der Waals surface area contributed by atoms with Crippen LogP contribution in [0.4, 0.5) is 0 Å². The zero-order valence-electron chi connectivity index (χ0n) is 23.6. The maximum Gasteiger partial charge on any atom is 0.342 e. The first-order valence-corrected chi connectivity index (χ1v) is 15.6. The topological polar surface area (TPSA) is 123 Å². The number of para-hydroxylation sites is 1. The Hall–Kier alpha value is -3.13. The van der Waals surface area contributed by atoms with Crippen molar-refractivity contribution in [3.63, 3.8) is 0 Å². The van der Waals surface area contributed by atoms with Crippen molar-refractivity contribution in [3.05, 3.63) is 69.8 Å². The third-order valence-corrected chi connectivity index (χ3v) is 9.64. The minimum Gasteiger partial charge on any atom is -0.507 e. The number of allylic oxidation sites excluding steroid dienone is 2. The Bertz CT molecular complexity index is 1320. The first kappa shape index (κ1) is 29.8. The summed E-state index contributed by atoms with van der Waals surface area (Å²) in [5.41, 5.74) is 4.27. The van der Waals surface area contributed by atoms with Crippen LogP contribution in [-0.2, 0) is 38.3 Å². The van der Waals surface area contributed by atoms with E-state index in [0.29, 0.717) is 24.2 Å². The smallest absolute Gasteiger partial charge is 0.342 e. The summed E-state index contributed by atoms with van der Waals surface area (Å²) in [5.74, 6) is -0.653. The molecule has 3 N–H and O–H groups in total. The molecule has 2 aromatic rings. The summed E-state index contributed by atoms with van der Waals surface area (Å²) < 4.78 is 30.7. The Kier molecular flexibility index (Phi) is 9.72. The van der Waals surface area contributed by atoms with Crippen LogP contribution < -0.4 is 14.9 Å². The van der Waals surface area contributed by atoms with Crippen molar-refractivity contribution in [2.24, 2.45) is 0 Å². The molecule has 2 aromatic carbocycles. The van der Waals surface area contributed by atoms with Gasteiger partial charge in [-0.15, -0.1) is 0 Å². The van der Waals surface area contributed by atoms with E-state index < -0.39 is 25.5 Å². The number of rotatable bonds is 12. The second-order valence-electron chi connectivity index (χ2n) is 10.5. The highest BCUT2D eigenvalue weighted by molar-refractivity contribution is 7.57. The monoisotopic (exact) mass is 570 g/mol. The minimum absolute atomic E-state index is 0.0257. The van der Waals surface area contributed by atoms with E-state index >= 15 is 0 Å². The highest BCUT2D eigenvalue weighted by atomic mass is 31.2. The lowest BCUT2D eigenvalue weighted by Gasteiger charge is -2.24. The first-order valence-electron chi connectivity index (χ1n) is 13.8. The molecular weight excluding hydrogens is 531 g/mol. The van der Waals surface area contributed by atoms with Gasteiger partial charge < -0.3 is 24.4 Å². The summed E-state index contributed by atoms with van der Waals surface area (Å²) in [7, 11) is -3.61. The predicted octanol–water partition coefficient (Wildman–Crippen LogP) is 4.97. The third kappa shape index (κ3) is 6.95. The van der Waals surface area contributed by atoms with Crippen molar-refractivity contribution in [1.82, 2.24) is 10.4 Å².